The molecule has 1 N–H and O–H groups in total. The van der Waals surface area contributed by atoms with Crippen LogP contribution in [0.1, 0.15) is 15.9 Å². The maximum Gasteiger partial charge on any atom is 0.282 e. The third-order valence-corrected chi connectivity index (χ3v) is 3.56. The highest BCUT2D eigenvalue weighted by Gasteiger charge is 2.19. The fourth-order valence-electron chi connectivity index (χ4n) is 2.44. The fraction of sp³-hybridized carbons (Fsp3) is 0.0588. The van der Waals surface area contributed by atoms with Gasteiger partial charge in [0.2, 0.25) is 0 Å². The van der Waals surface area contributed by atoms with Crippen LogP contribution < -0.4 is 5.32 Å². The van der Waals surface area contributed by atoms with E-state index >= 15 is 0 Å². The van der Waals surface area contributed by atoms with Gasteiger partial charge in [0.25, 0.3) is 11.6 Å². The maximum atomic E-state index is 12.4. The first-order valence-electron chi connectivity index (χ1n) is 6.97. The van der Waals surface area contributed by atoms with Crippen molar-refractivity contribution in [2.45, 2.75) is 6.92 Å². The van der Waals surface area contributed by atoms with E-state index in [4.69, 9.17) is 0 Å². The van der Waals surface area contributed by atoms with Crippen LogP contribution in [0.3, 0.4) is 0 Å². The van der Waals surface area contributed by atoms with Crippen LogP contribution in [-0.4, -0.2) is 15.8 Å². The zero-order valence-corrected chi connectivity index (χ0v) is 12.3. The van der Waals surface area contributed by atoms with Gasteiger partial charge in [0, 0.05) is 17.6 Å². The first-order chi connectivity index (χ1) is 11.1. The van der Waals surface area contributed by atoms with E-state index in [-0.39, 0.29) is 11.3 Å². The molecule has 0 aliphatic heterocycles. The Morgan fingerprint density at radius 1 is 1.13 bits per heavy atom. The van der Waals surface area contributed by atoms with Crippen molar-refractivity contribution in [3.63, 3.8) is 0 Å². The van der Waals surface area contributed by atoms with Crippen molar-refractivity contribution in [2.75, 3.05) is 5.32 Å². The Kier molecular flexibility index (Phi) is 3.72. The summed E-state index contributed by atoms with van der Waals surface area (Å²) in [6.45, 7) is 1.93. The monoisotopic (exact) mass is 307 g/mol. The number of nitrogens with one attached hydrogen (secondary N) is 1. The van der Waals surface area contributed by atoms with Gasteiger partial charge in [0.15, 0.2) is 0 Å². The van der Waals surface area contributed by atoms with Crippen LogP contribution >= 0.6 is 0 Å². The Labute approximate surface area is 131 Å². The Hall–Kier alpha value is -3.28. The third-order valence-electron chi connectivity index (χ3n) is 3.56. The summed E-state index contributed by atoms with van der Waals surface area (Å²) in [6.07, 6.45) is 1.68. The number of nitrogens with zero attached hydrogens (tertiary/aromatic N) is 2. The van der Waals surface area contributed by atoms with E-state index in [1.807, 2.05) is 19.1 Å². The first kappa shape index (κ1) is 14.6. The van der Waals surface area contributed by atoms with Crippen LogP contribution in [0.15, 0.2) is 54.7 Å². The molecule has 0 unspecified atom stereocenters. The Morgan fingerprint density at radius 3 is 2.70 bits per heavy atom. The van der Waals surface area contributed by atoms with Gasteiger partial charge < -0.3 is 5.32 Å². The second kappa shape index (κ2) is 5.84. The van der Waals surface area contributed by atoms with Crippen molar-refractivity contribution >= 4 is 28.2 Å². The summed E-state index contributed by atoms with van der Waals surface area (Å²) < 4.78 is 0. The number of carbonyl (C=O) groups excluding carboxylic acids is 1. The highest BCUT2D eigenvalue weighted by molar-refractivity contribution is 6.10. The molecule has 1 aromatic heterocycles. The normalized spacial score (nSPS) is 10.5. The molecule has 0 saturated carbocycles. The van der Waals surface area contributed by atoms with Gasteiger partial charge in [-0.05, 0) is 36.8 Å². The van der Waals surface area contributed by atoms with E-state index in [1.54, 1.807) is 24.4 Å². The van der Waals surface area contributed by atoms with E-state index in [0.717, 1.165) is 16.5 Å². The summed E-state index contributed by atoms with van der Waals surface area (Å²) in [5, 5.41) is 14.6. The van der Waals surface area contributed by atoms with Gasteiger partial charge in [0.1, 0.15) is 5.56 Å². The molecule has 0 saturated heterocycles. The topological polar surface area (TPSA) is 85.1 Å². The van der Waals surface area contributed by atoms with Crippen LogP contribution in [0, 0.1) is 17.0 Å². The lowest BCUT2D eigenvalue weighted by Gasteiger charge is -2.10. The molecule has 3 aromatic rings. The second-order valence-corrected chi connectivity index (χ2v) is 5.06. The van der Waals surface area contributed by atoms with Crippen LogP contribution in [-0.2, 0) is 0 Å². The number of aromatic nitrogens is 1. The summed E-state index contributed by atoms with van der Waals surface area (Å²) in [4.78, 5) is 27.2. The van der Waals surface area contributed by atoms with E-state index in [1.165, 1.54) is 18.2 Å². The summed E-state index contributed by atoms with van der Waals surface area (Å²) >= 11 is 0. The molecule has 0 aliphatic carbocycles. The molecule has 0 aliphatic rings. The quantitative estimate of drug-likeness (QED) is 0.590. The number of aryl methyl sites for hydroxylation is 1. The van der Waals surface area contributed by atoms with E-state index in [9.17, 15) is 14.9 Å². The first-order valence-corrected chi connectivity index (χ1v) is 6.97. The molecule has 0 atom stereocenters. The minimum atomic E-state index is -0.566. The van der Waals surface area contributed by atoms with Gasteiger partial charge in [-0.1, -0.05) is 18.2 Å². The zero-order chi connectivity index (χ0) is 16.4. The molecular weight excluding hydrogens is 294 g/mol. The molecule has 1 heterocycles. The van der Waals surface area contributed by atoms with Gasteiger partial charge in [-0.3, -0.25) is 19.9 Å². The smallest absolute Gasteiger partial charge is 0.282 e. The van der Waals surface area contributed by atoms with Crippen molar-refractivity contribution in [1.29, 1.82) is 0 Å². The Morgan fingerprint density at radius 2 is 1.91 bits per heavy atom. The van der Waals surface area contributed by atoms with Crippen LogP contribution in [0.2, 0.25) is 0 Å². The van der Waals surface area contributed by atoms with Crippen molar-refractivity contribution < 1.29 is 9.72 Å². The summed E-state index contributed by atoms with van der Waals surface area (Å²) in [6, 6.07) is 13.1. The van der Waals surface area contributed by atoms with Gasteiger partial charge in [0.05, 0.1) is 16.1 Å². The maximum absolute atomic E-state index is 12.4. The third kappa shape index (κ3) is 2.74. The molecule has 0 bridgehead atoms. The summed E-state index contributed by atoms with van der Waals surface area (Å²) in [5.74, 6) is -0.522. The van der Waals surface area contributed by atoms with Crippen LogP contribution in [0.25, 0.3) is 10.9 Å². The highest BCUT2D eigenvalue weighted by Crippen LogP contribution is 2.26. The predicted octanol–water partition coefficient (Wildman–Crippen LogP) is 3.70. The Balaban J connectivity index is 2.02. The number of amides is 1. The number of nitro benzene ring substituents is 1. The average molecular weight is 307 g/mol. The number of fused-ring (bicyclic) bond motifs is 1. The zero-order valence-electron chi connectivity index (χ0n) is 12.3. The molecule has 0 spiro atoms. The molecule has 6 nitrogen and oxygen atoms in total. The van der Waals surface area contributed by atoms with Gasteiger partial charge >= 0.3 is 0 Å². The standard InChI is InChI=1S/C17H13N3O3/c1-11-8-9-14(12-6-4-10-18-16(11)12)19-17(21)13-5-2-3-7-15(13)20(22)23/h2-10H,1H3,(H,19,21). The number of rotatable bonds is 3. The lowest BCUT2D eigenvalue weighted by atomic mass is 10.1. The average Bonchev–Trinajstić information content (AvgIpc) is 2.57. The van der Waals surface area contributed by atoms with Crippen molar-refractivity contribution in [3.8, 4) is 0 Å². The number of hydrogen-bond acceptors (Lipinski definition) is 4. The van der Waals surface area contributed by atoms with E-state index < -0.39 is 10.8 Å². The number of hydrogen-bond donors (Lipinski definition) is 1. The number of pyridine rings is 1. The second-order valence-electron chi connectivity index (χ2n) is 5.06. The number of para-hydroxylation sites is 1. The summed E-state index contributed by atoms with van der Waals surface area (Å²) in [5.41, 5.74) is 2.15. The molecule has 0 radical (unpaired) electrons. The molecule has 2 aromatic carbocycles. The molecule has 6 heteroatoms. The number of carbonyl (C=O) groups is 1. The lowest BCUT2D eigenvalue weighted by molar-refractivity contribution is -0.385. The van der Waals surface area contributed by atoms with Crippen LogP contribution in [0.5, 0.6) is 0 Å². The minimum Gasteiger partial charge on any atom is -0.321 e. The molecular formula is C17H13N3O3. The van der Waals surface area contributed by atoms with Gasteiger partial charge in [-0.15, -0.1) is 0 Å². The molecule has 1 amide bonds. The minimum absolute atomic E-state index is 0.0233. The predicted molar refractivity (Wildman–Crippen MR) is 87.5 cm³/mol. The van der Waals surface area contributed by atoms with Crippen LogP contribution in [0.4, 0.5) is 11.4 Å². The number of nitro groups is 1. The lowest BCUT2D eigenvalue weighted by Crippen LogP contribution is -2.14. The van der Waals surface area contributed by atoms with Crippen molar-refractivity contribution in [3.05, 3.63) is 76.0 Å². The van der Waals surface area contributed by atoms with E-state index in [2.05, 4.69) is 10.3 Å². The molecule has 23 heavy (non-hydrogen) atoms. The van der Waals surface area contributed by atoms with Crippen molar-refractivity contribution in [2.24, 2.45) is 0 Å². The number of anilines is 1. The summed E-state index contributed by atoms with van der Waals surface area (Å²) in [7, 11) is 0. The molecule has 114 valence electrons. The SMILES string of the molecule is Cc1ccc(NC(=O)c2ccccc2[N+](=O)[O-])c2cccnc12. The molecule has 0 fully saturated rings. The highest BCUT2D eigenvalue weighted by atomic mass is 16.6. The fourth-order valence-corrected chi connectivity index (χ4v) is 2.44. The molecule has 3 rings (SSSR count). The van der Waals surface area contributed by atoms with E-state index in [0.29, 0.717) is 5.69 Å². The van der Waals surface area contributed by atoms with Gasteiger partial charge in [-0.2, -0.15) is 0 Å². The largest absolute Gasteiger partial charge is 0.321 e. The van der Waals surface area contributed by atoms with Gasteiger partial charge in [-0.25, -0.2) is 0 Å². The Bertz CT molecular complexity index is 922. The number of benzene rings is 2. The van der Waals surface area contributed by atoms with Crippen molar-refractivity contribution in [1.82, 2.24) is 4.98 Å².